The fraction of sp³-hybridized carbons (Fsp3) is 0.308. The first-order valence-electron chi connectivity index (χ1n) is 16.6. The van der Waals surface area contributed by atoms with E-state index in [0.29, 0.717) is 13.1 Å². The molecule has 4 aromatic carbocycles. The first-order valence-corrected chi connectivity index (χ1v) is 20.6. The molecular formula is C39H42BrN2O6S2+. The molecule has 50 heavy (non-hydrogen) atoms. The van der Waals surface area contributed by atoms with Crippen LogP contribution in [0.1, 0.15) is 51.7 Å². The number of fused-ring (bicyclic) bond motifs is 6. The normalized spacial score (nSPS) is 18.2. The quantitative estimate of drug-likeness (QED) is 0.0893. The fourth-order valence-electron chi connectivity index (χ4n) is 7.74. The molecule has 2 aliphatic rings. The van der Waals surface area contributed by atoms with Crippen LogP contribution in [0.5, 0.6) is 0 Å². The van der Waals surface area contributed by atoms with E-state index in [4.69, 9.17) is 0 Å². The van der Waals surface area contributed by atoms with E-state index in [1.807, 2.05) is 36.4 Å². The van der Waals surface area contributed by atoms with Crippen molar-refractivity contribution in [3.63, 3.8) is 0 Å². The first kappa shape index (κ1) is 36.2. The van der Waals surface area contributed by atoms with E-state index in [1.54, 1.807) is 0 Å². The van der Waals surface area contributed by atoms with Crippen LogP contribution < -0.4 is 4.90 Å². The molecule has 0 aromatic heterocycles. The van der Waals surface area contributed by atoms with Crippen molar-refractivity contribution < 1.29 is 30.5 Å². The van der Waals surface area contributed by atoms with Gasteiger partial charge < -0.3 is 4.90 Å². The van der Waals surface area contributed by atoms with E-state index < -0.39 is 31.1 Å². The molecule has 11 heteroatoms. The molecule has 0 fully saturated rings. The number of nitrogens with zero attached hydrogens (tertiary/aromatic N) is 2. The Morgan fingerprint density at radius 3 is 2.00 bits per heavy atom. The van der Waals surface area contributed by atoms with Crippen molar-refractivity contribution >= 4 is 74.8 Å². The first-order chi connectivity index (χ1) is 23.5. The van der Waals surface area contributed by atoms with E-state index in [-0.39, 0.29) is 24.3 Å². The van der Waals surface area contributed by atoms with Crippen molar-refractivity contribution in [2.75, 3.05) is 29.5 Å². The number of hydrogen-bond donors (Lipinski definition) is 2. The summed E-state index contributed by atoms with van der Waals surface area (Å²) in [6, 6.07) is 24.8. The summed E-state index contributed by atoms with van der Waals surface area (Å²) in [5, 5.41) is 4.54. The Morgan fingerprint density at radius 2 is 1.36 bits per heavy atom. The topological polar surface area (TPSA) is 115 Å². The molecule has 0 atom stereocenters. The monoisotopic (exact) mass is 777 g/mol. The van der Waals surface area contributed by atoms with Crippen molar-refractivity contribution in [3.05, 3.63) is 118 Å². The smallest absolute Gasteiger partial charge is 0.265 e. The summed E-state index contributed by atoms with van der Waals surface area (Å²) in [6.07, 6.45) is 8.63. The molecule has 0 aliphatic carbocycles. The summed E-state index contributed by atoms with van der Waals surface area (Å²) in [5.74, 6) is -0.648. The number of halogens is 1. The Labute approximate surface area is 303 Å². The highest BCUT2D eigenvalue weighted by Gasteiger charge is 2.45. The lowest BCUT2D eigenvalue weighted by atomic mass is 9.79. The van der Waals surface area contributed by atoms with E-state index in [0.717, 1.165) is 48.8 Å². The molecule has 0 spiro atoms. The highest BCUT2D eigenvalue weighted by atomic mass is 79.9. The second kappa shape index (κ2) is 13.5. The average molecular weight is 779 g/mol. The van der Waals surface area contributed by atoms with Gasteiger partial charge in [0.05, 0.1) is 16.9 Å². The molecule has 0 unspecified atom stereocenters. The van der Waals surface area contributed by atoms with Crippen LogP contribution in [0, 0.1) is 0 Å². The Kier molecular flexibility index (Phi) is 9.77. The zero-order valence-electron chi connectivity index (χ0n) is 28.6. The van der Waals surface area contributed by atoms with Gasteiger partial charge in [-0.25, -0.2) is 0 Å². The molecule has 0 saturated carbocycles. The van der Waals surface area contributed by atoms with Crippen molar-refractivity contribution in [2.45, 2.75) is 51.4 Å². The van der Waals surface area contributed by atoms with Gasteiger partial charge in [0, 0.05) is 52.0 Å². The molecule has 2 heterocycles. The Hall–Kier alpha value is -3.61. The van der Waals surface area contributed by atoms with Gasteiger partial charge in [-0.15, -0.1) is 0 Å². The maximum Gasteiger partial charge on any atom is 0.265 e. The van der Waals surface area contributed by atoms with Gasteiger partial charge in [-0.3, -0.25) is 9.11 Å². The van der Waals surface area contributed by atoms with Crippen molar-refractivity contribution in [2.24, 2.45) is 0 Å². The van der Waals surface area contributed by atoms with Gasteiger partial charge in [-0.2, -0.15) is 21.4 Å². The van der Waals surface area contributed by atoms with E-state index in [1.165, 1.54) is 11.1 Å². The van der Waals surface area contributed by atoms with Crippen LogP contribution in [-0.4, -0.2) is 60.8 Å². The summed E-state index contributed by atoms with van der Waals surface area (Å²) >= 11 is 3.77. The minimum Gasteiger partial charge on any atom is -0.344 e. The largest absolute Gasteiger partial charge is 0.344 e. The third kappa shape index (κ3) is 7.11. The number of rotatable bonds is 11. The highest BCUT2D eigenvalue weighted by molar-refractivity contribution is 9.11. The second-order valence-corrected chi connectivity index (χ2v) is 18.1. The highest BCUT2D eigenvalue weighted by Crippen LogP contribution is 2.51. The van der Waals surface area contributed by atoms with E-state index in [2.05, 4.69) is 114 Å². The van der Waals surface area contributed by atoms with Gasteiger partial charge in [0.25, 0.3) is 20.2 Å². The maximum atomic E-state index is 11.6. The number of anilines is 1. The molecule has 2 aliphatic heterocycles. The molecule has 4 aromatic rings. The van der Waals surface area contributed by atoms with Gasteiger partial charge in [0.1, 0.15) is 6.54 Å². The van der Waals surface area contributed by atoms with Crippen LogP contribution in [0.3, 0.4) is 0 Å². The molecule has 0 radical (unpaired) electrons. The van der Waals surface area contributed by atoms with Crippen LogP contribution in [0.2, 0.25) is 0 Å². The van der Waals surface area contributed by atoms with Gasteiger partial charge in [0.2, 0.25) is 5.69 Å². The summed E-state index contributed by atoms with van der Waals surface area (Å²) < 4.78 is 68.2. The summed E-state index contributed by atoms with van der Waals surface area (Å²) in [7, 11) is -8.20. The Morgan fingerprint density at radius 1 is 0.780 bits per heavy atom. The number of allylic oxidation sites excluding steroid dienone is 6. The molecule has 0 bridgehead atoms. The molecule has 6 rings (SSSR count). The SMILES string of the molecule is CC1(C)C(=CC=C(Br)C=CC2=[N+](CCCS(=O)(=O)O)c3ccc4ccccc4c3C2(C)C)N(CCCS(=O)(=O)O)c2ccc3ccccc3c21. The van der Waals surface area contributed by atoms with E-state index in [9.17, 15) is 25.9 Å². The summed E-state index contributed by atoms with van der Waals surface area (Å²) in [5.41, 5.74) is 5.57. The van der Waals surface area contributed by atoms with Crippen LogP contribution >= 0.6 is 15.9 Å². The third-order valence-electron chi connectivity index (χ3n) is 9.88. The zero-order chi connectivity index (χ0) is 36.1. The van der Waals surface area contributed by atoms with Crippen LogP contribution in [0.4, 0.5) is 11.4 Å². The van der Waals surface area contributed by atoms with Gasteiger partial charge in [0.15, 0.2) is 5.71 Å². The lowest BCUT2D eigenvalue weighted by Gasteiger charge is -2.27. The zero-order valence-corrected chi connectivity index (χ0v) is 31.8. The predicted octanol–water partition coefficient (Wildman–Crippen LogP) is 8.44. The predicted molar refractivity (Wildman–Crippen MR) is 207 cm³/mol. The third-order valence-corrected chi connectivity index (χ3v) is 12.0. The van der Waals surface area contributed by atoms with Crippen LogP contribution in [0.25, 0.3) is 21.5 Å². The standard InChI is InChI=1S/C39H41BrN2O6S2/c1-38(2)34(41(23-9-25-49(43,44)45)32-19-15-27-11-5-7-13-30(27)36(32)38)21-17-29(40)18-22-35-39(3,4)37-31-14-8-6-12-28(31)16-20-33(37)42(35)24-10-26-50(46,47)48/h5-8,11-22H,9-10,23-26H2,1-4H3,(H-,43,44,45,46,47,48)/p+1. The van der Waals surface area contributed by atoms with Gasteiger partial charge >= 0.3 is 0 Å². The van der Waals surface area contributed by atoms with Crippen molar-refractivity contribution in [1.82, 2.24) is 0 Å². The molecular weight excluding hydrogens is 736 g/mol. The lowest BCUT2D eigenvalue weighted by molar-refractivity contribution is -0.437. The van der Waals surface area contributed by atoms with Crippen LogP contribution in [0.15, 0.2) is 107 Å². The van der Waals surface area contributed by atoms with E-state index >= 15 is 0 Å². The fourth-order valence-corrected chi connectivity index (χ4v) is 8.99. The number of hydrogen-bond acceptors (Lipinski definition) is 5. The molecule has 262 valence electrons. The van der Waals surface area contributed by atoms with Crippen molar-refractivity contribution in [1.29, 1.82) is 0 Å². The number of benzene rings is 4. The van der Waals surface area contributed by atoms with Gasteiger partial charge in [-0.1, -0.05) is 84.4 Å². The average Bonchev–Trinajstić information content (AvgIpc) is 3.39. The minimum atomic E-state index is -4.10. The Bertz CT molecular complexity index is 2360. The maximum absolute atomic E-state index is 11.6. The Balaban J connectivity index is 1.38. The van der Waals surface area contributed by atoms with Crippen LogP contribution in [-0.2, 0) is 31.1 Å². The molecule has 0 saturated heterocycles. The molecule has 0 amide bonds. The second-order valence-electron chi connectivity index (χ2n) is 14.0. The molecule has 8 nitrogen and oxygen atoms in total. The van der Waals surface area contributed by atoms with Gasteiger partial charge in [-0.05, 0) is 77.7 Å². The summed E-state index contributed by atoms with van der Waals surface area (Å²) in [4.78, 5) is 2.15. The summed E-state index contributed by atoms with van der Waals surface area (Å²) in [6.45, 7) is 9.53. The lowest BCUT2D eigenvalue weighted by Crippen LogP contribution is -2.28. The molecule has 2 N–H and O–H groups in total. The van der Waals surface area contributed by atoms with Crippen molar-refractivity contribution in [3.8, 4) is 0 Å². The minimum absolute atomic E-state index is 0.263.